The number of benzene rings is 1. The van der Waals surface area contributed by atoms with Crippen LogP contribution in [0.5, 0.6) is 0 Å². The van der Waals surface area contributed by atoms with E-state index in [1.807, 2.05) is 32.0 Å². The van der Waals surface area contributed by atoms with Gasteiger partial charge in [0.15, 0.2) is 0 Å². The predicted octanol–water partition coefficient (Wildman–Crippen LogP) is 2.23. The summed E-state index contributed by atoms with van der Waals surface area (Å²) < 4.78 is 0. The van der Waals surface area contributed by atoms with Gasteiger partial charge in [-0.3, -0.25) is 14.5 Å². The summed E-state index contributed by atoms with van der Waals surface area (Å²) >= 11 is 0. The molecule has 0 spiro atoms. The van der Waals surface area contributed by atoms with Crippen LogP contribution in [-0.4, -0.2) is 42.4 Å². The maximum Gasteiger partial charge on any atom is 0.243 e. The topological polar surface area (TPSA) is 61.4 Å². The Morgan fingerprint density at radius 2 is 1.87 bits per heavy atom. The van der Waals surface area contributed by atoms with Crippen molar-refractivity contribution in [3.05, 3.63) is 29.3 Å². The first-order valence-electron chi connectivity index (χ1n) is 8.34. The van der Waals surface area contributed by atoms with E-state index in [2.05, 4.69) is 22.5 Å². The third-order valence-corrected chi connectivity index (χ3v) is 4.48. The molecule has 2 N–H and O–H groups in total. The Balaban J connectivity index is 1.78. The molecule has 1 heterocycles. The third kappa shape index (κ3) is 5.06. The number of piperidine rings is 1. The van der Waals surface area contributed by atoms with Crippen molar-refractivity contribution in [1.82, 2.24) is 10.2 Å². The Morgan fingerprint density at radius 3 is 2.52 bits per heavy atom. The summed E-state index contributed by atoms with van der Waals surface area (Å²) in [7, 11) is 0. The second-order valence-electron chi connectivity index (χ2n) is 6.41. The van der Waals surface area contributed by atoms with Crippen molar-refractivity contribution in [2.24, 2.45) is 0 Å². The van der Waals surface area contributed by atoms with Gasteiger partial charge in [0.05, 0.1) is 13.1 Å². The molecular weight excluding hydrogens is 290 g/mol. The van der Waals surface area contributed by atoms with Crippen molar-refractivity contribution in [2.75, 3.05) is 25.0 Å². The lowest BCUT2D eigenvalue weighted by Gasteiger charge is -2.32. The molecule has 1 aromatic carbocycles. The molecular formula is C18H27N3O2. The number of carbonyl (C=O) groups is 2. The average molecular weight is 317 g/mol. The maximum atomic E-state index is 12.0. The first kappa shape index (κ1) is 17.5. The zero-order valence-electron chi connectivity index (χ0n) is 14.3. The van der Waals surface area contributed by atoms with Crippen molar-refractivity contribution < 1.29 is 9.59 Å². The first-order valence-corrected chi connectivity index (χ1v) is 8.34. The Morgan fingerprint density at radius 1 is 1.17 bits per heavy atom. The Labute approximate surface area is 138 Å². The van der Waals surface area contributed by atoms with E-state index in [9.17, 15) is 9.59 Å². The monoisotopic (exact) mass is 317 g/mol. The molecule has 2 amide bonds. The molecule has 1 fully saturated rings. The third-order valence-electron chi connectivity index (χ3n) is 4.48. The van der Waals surface area contributed by atoms with E-state index < -0.39 is 0 Å². The van der Waals surface area contributed by atoms with Gasteiger partial charge in [-0.1, -0.05) is 24.6 Å². The van der Waals surface area contributed by atoms with Crippen molar-refractivity contribution in [2.45, 2.75) is 46.1 Å². The van der Waals surface area contributed by atoms with Crippen LogP contribution in [0.3, 0.4) is 0 Å². The molecule has 1 aliphatic rings. The molecule has 2 rings (SSSR count). The van der Waals surface area contributed by atoms with E-state index in [1.54, 1.807) is 0 Å². The SMILES string of the molecule is Cc1cccc(C)c1NC(=O)CNC(=O)CN1CCCC[C@H]1C. The van der Waals surface area contributed by atoms with E-state index in [-0.39, 0.29) is 18.4 Å². The van der Waals surface area contributed by atoms with Crippen LogP contribution < -0.4 is 10.6 Å². The molecule has 0 saturated carbocycles. The second-order valence-corrected chi connectivity index (χ2v) is 6.41. The number of carbonyl (C=O) groups excluding carboxylic acids is 2. The summed E-state index contributed by atoms with van der Waals surface area (Å²) in [5.41, 5.74) is 2.87. The van der Waals surface area contributed by atoms with Crippen LogP contribution in [0, 0.1) is 13.8 Å². The van der Waals surface area contributed by atoms with Crippen LogP contribution in [0.1, 0.15) is 37.3 Å². The minimum Gasteiger partial charge on any atom is -0.346 e. The van der Waals surface area contributed by atoms with E-state index in [0.717, 1.165) is 36.2 Å². The molecule has 0 bridgehead atoms. The number of likely N-dealkylation sites (tertiary alicyclic amines) is 1. The number of anilines is 1. The summed E-state index contributed by atoms with van der Waals surface area (Å²) in [6, 6.07) is 6.32. The smallest absolute Gasteiger partial charge is 0.243 e. The molecule has 5 heteroatoms. The summed E-state index contributed by atoms with van der Waals surface area (Å²) in [5.74, 6) is -0.280. The summed E-state index contributed by atoms with van der Waals surface area (Å²) in [6.45, 7) is 7.41. The zero-order chi connectivity index (χ0) is 16.8. The van der Waals surface area contributed by atoms with Gasteiger partial charge in [0.2, 0.25) is 11.8 Å². The zero-order valence-corrected chi connectivity index (χ0v) is 14.3. The fraction of sp³-hybridized carbons (Fsp3) is 0.556. The highest BCUT2D eigenvalue weighted by Gasteiger charge is 2.20. The second kappa shape index (κ2) is 8.11. The molecule has 0 aromatic heterocycles. The first-order chi connectivity index (χ1) is 11.0. The number of hydrogen-bond acceptors (Lipinski definition) is 3. The average Bonchev–Trinajstić information content (AvgIpc) is 2.51. The van der Waals surface area contributed by atoms with Crippen LogP contribution in [0.25, 0.3) is 0 Å². The van der Waals surface area contributed by atoms with Crippen LogP contribution in [0.2, 0.25) is 0 Å². The fourth-order valence-electron chi connectivity index (χ4n) is 3.01. The minimum absolute atomic E-state index is 0.00876. The van der Waals surface area contributed by atoms with Gasteiger partial charge in [-0.25, -0.2) is 0 Å². The number of amides is 2. The molecule has 5 nitrogen and oxygen atoms in total. The number of nitrogens with zero attached hydrogens (tertiary/aromatic N) is 1. The van der Waals surface area contributed by atoms with Crippen LogP contribution in [0.15, 0.2) is 18.2 Å². The quantitative estimate of drug-likeness (QED) is 0.875. The number of aryl methyl sites for hydroxylation is 2. The van der Waals surface area contributed by atoms with Crippen molar-refractivity contribution in [1.29, 1.82) is 0 Å². The van der Waals surface area contributed by atoms with E-state index in [0.29, 0.717) is 12.6 Å². The Bertz CT molecular complexity index is 551. The summed E-state index contributed by atoms with van der Waals surface area (Å²) in [4.78, 5) is 26.2. The molecule has 1 saturated heterocycles. The molecule has 0 unspecified atom stereocenters. The lowest BCUT2D eigenvalue weighted by Crippen LogP contribution is -2.45. The van der Waals surface area contributed by atoms with Crippen molar-refractivity contribution in [3.8, 4) is 0 Å². The molecule has 1 atom stereocenters. The van der Waals surface area contributed by atoms with Gasteiger partial charge in [-0.05, 0) is 51.3 Å². The lowest BCUT2D eigenvalue weighted by molar-refractivity contribution is -0.125. The number of hydrogen-bond donors (Lipinski definition) is 2. The highest BCUT2D eigenvalue weighted by molar-refractivity contribution is 5.95. The predicted molar refractivity (Wildman–Crippen MR) is 92.4 cm³/mol. The van der Waals surface area contributed by atoms with Crippen molar-refractivity contribution in [3.63, 3.8) is 0 Å². The van der Waals surface area contributed by atoms with E-state index >= 15 is 0 Å². The molecule has 0 aliphatic carbocycles. The van der Waals surface area contributed by atoms with Gasteiger partial charge in [0.1, 0.15) is 0 Å². The van der Waals surface area contributed by atoms with Crippen molar-refractivity contribution >= 4 is 17.5 Å². The molecule has 126 valence electrons. The summed E-state index contributed by atoms with van der Waals surface area (Å²) in [5, 5.41) is 5.60. The highest BCUT2D eigenvalue weighted by Crippen LogP contribution is 2.19. The van der Waals surface area contributed by atoms with E-state index in [1.165, 1.54) is 6.42 Å². The molecule has 1 aromatic rings. The molecule has 23 heavy (non-hydrogen) atoms. The largest absolute Gasteiger partial charge is 0.346 e. The van der Waals surface area contributed by atoms with Gasteiger partial charge in [-0.15, -0.1) is 0 Å². The maximum absolute atomic E-state index is 12.0. The Hall–Kier alpha value is -1.88. The van der Waals surface area contributed by atoms with Crippen LogP contribution in [-0.2, 0) is 9.59 Å². The Kier molecular flexibility index (Phi) is 6.16. The number of para-hydroxylation sites is 1. The van der Waals surface area contributed by atoms with E-state index in [4.69, 9.17) is 0 Å². The standard InChI is InChI=1S/C18H27N3O2/c1-13-7-6-8-14(2)18(13)20-16(22)11-19-17(23)12-21-10-5-4-9-15(21)3/h6-8,15H,4-5,9-12H2,1-3H3,(H,19,23)(H,20,22)/t15-/m1/s1. The van der Waals surface area contributed by atoms with Gasteiger partial charge in [-0.2, -0.15) is 0 Å². The van der Waals surface area contributed by atoms with Gasteiger partial charge in [0, 0.05) is 11.7 Å². The molecule has 0 radical (unpaired) electrons. The number of nitrogens with one attached hydrogen (secondary N) is 2. The fourth-order valence-corrected chi connectivity index (χ4v) is 3.01. The van der Waals surface area contributed by atoms with Crippen LogP contribution in [0.4, 0.5) is 5.69 Å². The number of rotatable bonds is 5. The normalized spacial score (nSPS) is 18.5. The van der Waals surface area contributed by atoms with Gasteiger partial charge >= 0.3 is 0 Å². The minimum atomic E-state index is -0.192. The lowest BCUT2D eigenvalue weighted by atomic mass is 10.0. The van der Waals surface area contributed by atoms with Crippen LogP contribution >= 0.6 is 0 Å². The van der Waals surface area contributed by atoms with Gasteiger partial charge in [0.25, 0.3) is 0 Å². The summed E-state index contributed by atoms with van der Waals surface area (Å²) in [6.07, 6.45) is 3.52. The van der Waals surface area contributed by atoms with Gasteiger partial charge < -0.3 is 10.6 Å². The molecule has 1 aliphatic heterocycles. The highest BCUT2D eigenvalue weighted by atomic mass is 16.2.